The third-order valence-corrected chi connectivity index (χ3v) is 6.10. The molecule has 2 amide bonds. The number of aryl methyl sites for hydroxylation is 1. The van der Waals surface area contributed by atoms with Crippen molar-refractivity contribution >= 4 is 17.9 Å². The Kier molecular flexibility index (Phi) is 8.86. The number of benzene rings is 2. The summed E-state index contributed by atoms with van der Waals surface area (Å²) in [4.78, 5) is 27.6. The number of aromatic nitrogens is 3. The number of hydrogen-bond acceptors (Lipinski definition) is 9. The first-order chi connectivity index (χ1) is 20.9. The first-order valence-corrected chi connectivity index (χ1v) is 13.2. The Balaban J connectivity index is 1.28. The summed E-state index contributed by atoms with van der Waals surface area (Å²) in [5, 5.41) is 4.56. The van der Waals surface area contributed by atoms with E-state index >= 15 is 0 Å². The molecule has 0 bridgehead atoms. The van der Waals surface area contributed by atoms with Crippen molar-refractivity contribution in [1.29, 1.82) is 0 Å². The fourth-order valence-electron chi connectivity index (χ4n) is 3.95. The van der Waals surface area contributed by atoms with Crippen LogP contribution in [0.2, 0.25) is 0 Å². The maximum atomic E-state index is 12.1. The van der Waals surface area contributed by atoms with E-state index in [-0.39, 0.29) is 19.1 Å². The molecule has 2 aromatic carbocycles. The molecule has 3 heterocycles. The van der Waals surface area contributed by atoms with Crippen LogP contribution in [0, 0.1) is 6.92 Å². The summed E-state index contributed by atoms with van der Waals surface area (Å²) in [6, 6.07) is 18.5. The van der Waals surface area contributed by atoms with Gasteiger partial charge in [0.05, 0.1) is 24.6 Å². The van der Waals surface area contributed by atoms with Gasteiger partial charge in [-0.1, -0.05) is 24.3 Å². The molecule has 0 atom stereocenters. The van der Waals surface area contributed by atoms with Gasteiger partial charge in [0.2, 0.25) is 11.8 Å². The van der Waals surface area contributed by atoms with Crippen molar-refractivity contribution in [3.63, 3.8) is 0 Å². The van der Waals surface area contributed by atoms with Gasteiger partial charge in [0.15, 0.2) is 17.3 Å². The van der Waals surface area contributed by atoms with Crippen LogP contribution in [-0.4, -0.2) is 33.7 Å². The molecular weight excluding hydrogens is 554 g/mol. The third kappa shape index (κ3) is 7.30. The van der Waals surface area contributed by atoms with Gasteiger partial charge in [-0.15, -0.1) is 5.10 Å². The normalized spacial score (nSPS) is 11.0. The standard InChI is InChI=1S/C31H29N5O7/c1-20-25(32-31(43-20)27-10-7-15-40-27)19-41-26-13-11-22(16-28(26)39-3)18-42-30-23(12-14-29(38)34-33-21(2)37)17-36(35-30)24-8-5-4-6-9-24/h4-17H,18-19H2,1-3H3,(H,33,37)(H,34,38)/b14-12+. The SMILES string of the molecule is COc1cc(COc2nn(-c3ccccc3)cc2/C=C/C(=O)NNC(C)=O)ccc1OCc1nc(-c2ccco2)oc1C. The summed E-state index contributed by atoms with van der Waals surface area (Å²) in [6.45, 7) is 3.44. The molecule has 3 aromatic heterocycles. The van der Waals surface area contributed by atoms with E-state index in [0.29, 0.717) is 46.0 Å². The highest BCUT2D eigenvalue weighted by Crippen LogP contribution is 2.31. The number of nitrogens with one attached hydrogen (secondary N) is 2. The molecule has 0 spiro atoms. The van der Waals surface area contributed by atoms with Gasteiger partial charge in [-0.25, -0.2) is 9.67 Å². The Morgan fingerprint density at radius 1 is 1.00 bits per heavy atom. The molecule has 0 aliphatic carbocycles. The number of amides is 2. The highest BCUT2D eigenvalue weighted by molar-refractivity contribution is 5.93. The smallest absolute Gasteiger partial charge is 0.263 e. The number of nitrogens with zero attached hydrogens (tertiary/aromatic N) is 3. The van der Waals surface area contributed by atoms with Gasteiger partial charge in [-0.2, -0.15) is 0 Å². The molecule has 12 nitrogen and oxygen atoms in total. The topological polar surface area (TPSA) is 143 Å². The zero-order valence-electron chi connectivity index (χ0n) is 23.7. The average molecular weight is 584 g/mol. The van der Waals surface area contributed by atoms with Crippen molar-refractivity contribution in [2.45, 2.75) is 27.1 Å². The molecule has 5 aromatic rings. The molecule has 0 saturated carbocycles. The number of hydrazine groups is 1. The lowest BCUT2D eigenvalue weighted by Gasteiger charge is -2.12. The van der Waals surface area contributed by atoms with E-state index in [0.717, 1.165) is 11.3 Å². The maximum Gasteiger partial charge on any atom is 0.263 e. The van der Waals surface area contributed by atoms with Crippen LogP contribution in [0.25, 0.3) is 23.4 Å². The zero-order chi connectivity index (χ0) is 30.2. The molecule has 0 saturated heterocycles. The fourth-order valence-corrected chi connectivity index (χ4v) is 3.95. The van der Waals surface area contributed by atoms with Crippen molar-refractivity contribution in [1.82, 2.24) is 25.6 Å². The number of rotatable bonds is 11. The Hall–Kier alpha value is -5.78. The van der Waals surface area contributed by atoms with Crippen LogP contribution >= 0.6 is 0 Å². The van der Waals surface area contributed by atoms with Gasteiger partial charge in [-0.05, 0) is 55.0 Å². The molecule has 5 rings (SSSR count). The van der Waals surface area contributed by atoms with Crippen LogP contribution in [0.4, 0.5) is 0 Å². The number of methoxy groups -OCH3 is 1. The lowest BCUT2D eigenvalue weighted by molar-refractivity contribution is -0.125. The molecule has 12 heteroatoms. The molecular formula is C31H29N5O7. The van der Waals surface area contributed by atoms with Crippen molar-refractivity contribution < 1.29 is 32.6 Å². The first-order valence-electron chi connectivity index (χ1n) is 13.2. The van der Waals surface area contributed by atoms with Crippen molar-refractivity contribution in [2.75, 3.05) is 7.11 Å². The van der Waals surface area contributed by atoms with Crippen molar-refractivity contribution in [2.24, 2.45) is 0 Å². The Morgan fingerprint density at radius 3 is 2.58 bits per heavy atom. The summed E-state index contributed by atoms with van der Waals surface area (Å²) in [5.74, 6) is 2.00. The van der Waals surface area contributed by atoms with Gasteiger partial charge in [0.1, 0.15) is 24.7 Å². The molecule has 0 radical (unpaired) electrons. The van der Waals surface area contributed by atoms with Crippen LogP contribution in [0.5, 0.6) is 17.4 Å². The minimum atomic E-state index is -0.507. The van der Waals surface area contributed by atoms with Crippen LogP contribution in [0.15, 0.2) is 88.0 Å². The van der Waals surface area contributed by atoms with Gasteiger partial charge in [0, 0.05) is 19.2 Å². The lowest BCUT2D eigenvalue weighted by atomic mass is 10.2. The van der Waals surface area contributed by atoms with E-state index in [1.807, 2.05) is 49.4 Å². The van der Waals surface area contributed by atoms with E-state index in [1.54, 1.807) is 48.5 Å². The first kappa shape index (κ1) is 28.7. The summed E-state index contributed by atoms with van der Waals surface area (Å²) in [7, 11) is 1.56. The molecule has 220 valence electrons. The Morgan fingerprint density at radius 2 is 1.84 bits per heavy atom. The molecule has 0 unspecified atom stereocenters. The predicted molar refractivity (Wildman–Crippen MR) is 155 cm³/mol. The van der Waals surface area contributed by atoms with E-state index in [4.69, 9.17) is 23.0 Å². The van der Waals surface area contributed by atoms with Gasteiger partial charge < -0.3 is 23.0 Å². The van der Waals surface area contributed by atoms with Gasteiger partial charge >= 0.3 is 0 Å². The third-order valence-electron chi connectivity index (χ3n) is 6.10. The van der Waals surface area contributed by atoms with Crippen LogP contribution in [-0.2, 0) is 22.8 Å². The second-order valence-electron chi connectivity index (χ2n) is 9.24. The Bertz CT molecular complexity index is 1720. The summed E-state index contributed by atoms with van der Waals surface area (Å²) in [5.41, 5.74) is 7.34. The minimum Gasteiger partial charge on any atom is -0.493 e. The molecule has 0 aliphatic heterocycles. The largest absolute Gasteiger partial charge is 0.493 e. The van der Waals surface area contributed by atoms with Crippen LogP contribution < -0.4 is 25.1 Å². The molecule has 0 fully saturated rings. The number of para-hydroxylation sites is 1. The lowest BCUT2D eigenvalue weighted by Crippen LogP contribution is -2.39. The highest BCUT2D eigenvalue weighted by Gasteiger charge is 2.16. The van der Waals surface area contributed by atoms with Crippen molar-refractivity contribution in [3.8, 4) is 34.7 Å². The van der Waals surface area contributed by atoms with E-state index in [2.05, 4.69) is 20.9 Å². The summed E-state index contributed by atoms with van der Waals surface area (Å²) in [6.07, 6.45) is 6.13. The maximum absolute atomic E-state index is 12.1. The quantitative estimate of drug-likeness (QED) is 0.166. The second kappa shape index (κ2) is 13.3. The molecule has 2 N–H and O–H groups in total. The van der Waals surface area contributed by atoms with E-state index < -0.39 is 5.91 Å². The summed E-state index contributed by atoms with van der Waals surface area (Å²) >= 11 is 0. The monoisotopic (exact) mass is 583 g/mol. The number of furan rings is 1. The number of carbonyl (C=O) groups excluding carboxylic acids is 2. The number of carbonyl (C=O) groups is 2. The highest BCUT2D eigenvalue weighted by atomic mass is 16.5. The molecule has 43 heavy (non-hydrogen) atoms. The fraction of sp³-hybridized carbons (Fsp3) is 0.161. The zero-order valence-corrected chi connectivity index (χ0v) is 23.7. The van der Waals surface area contributed by atoms with E-state index in [9.17, 15) is 9.59 Å². The van der Waals surface area contributed by atoms with Crippen molar-refractivity contribution in [3.05, 3.63) is 102 Å². The minimum absolute atomic E-state index is 0.163. The Labute approximate surface area is 246 Å². The van der Waals surface area contributed by atoms with Gasteiger partial charge in [-0.3, -0.25) is 20.4 Å². The molecule has 0 aliphatic rings. The van der Waals surface area contributed by atoms with E-state index in [1.165, 1.54) is 13.0 Å². The van der Waals surface area contributed by atoms with Gasteiger partial charge in [0.25, 0.3) is 11.8 Å². The second-order valence-corrected chi connectivity index (χ2v) is 9.24. The predicted octanol–water partition coefficient (Wildman–Crippen LogP) is 4.78. The average Bonchev–Trinajstić information content (AvgIpc) is 3.78. The van der Waals surface area contributed by atoms with Crippen LogP contribution in [0.1, 0.15) is 29.5 Å². The summed E-state index contributed by atoms with van der Waals surface area (Å²) < 4.78 is 30.3. The number of oxazole rings is 1. The van der Waals surface area contributed by atoms with Crippen LogP contribution in [0.3, 0.4) is 0 Å². The number of hydrogen-bond donors (Lipinski definition) is 2. The number of ether oxygens (including phenoxy) is 3.